The molecule has 2 fully saturated rings. The van der Waals surface area contributed by atoms with Crippen LogP contribution < -0.4 is 9.80 Å². The number of carbonyl (C=O) groups is 2. The number of nitro groups is 1. The van der Waals surface area contributed by atoms with E-state index < -0.39 is 4.92 Å². The fraction of sp³-hybridized carbons (Fsp3) is 0.462. The summed E-state index contributed by atoms with van der Waals surface area (Å²) in [5.41, 5.74) is 2.44. The van der Waals surface area contributed by atoms with Crippen molar-refractivity contribution in [3.05, 3.63) is 63.7 Å². The minimum atomic E-state index is -0.448. The molecule has 0 bridgehead atoms. The molecular weight excluding hydrogens is 464 g/mol. The molecule has 2 amide bonds. The molecule has 0 aliphatic carbocycles. The third-order valence-corrected chi connectivity index (χ3v) is 7.49. The van der Waals surface area contributed by atoms with E-state index in [4.69, 9.17) is 4.74 Å². The van der Waals surface area contributed by atoms with Gasteiger partial charge in [-0.2, -0.15) is 0 Å². The molecule has 190 valence electrons. The number of nitrogens with zero attached hydrogens (tertiary/aromatic N) is 4. The standard InChI is InChI=1S/C26H30N4O6/c31-16-21-6-3-4-12-28(21)25(32)18-8-9-23(24(15-18)30(34)35)27-13-10-20(11-14-27)29-22-7-2-1-5-19(22)17-36-26(29)33/h1-2,5,7-9,15,20-21,31H,3-4,6,10-14,16-17H2. The minimum Gasteiger partial charge on any atom is -0.444 e. The van der Waals surface area contributed by atoms with Crippen LogP contribution in [0, 0.1) is 10.1 Å². The van der Waals surface area contributed by atoms with Gasteiger partial charge < -0.3 is 19.6 Å². The van der Waals surface area contributed by atoms with Crippen molar-refractivity contribution in [1.82, 2.24) is 4.90 Å². The zero-order chi connectivity index (χ0) is 25.2. The zero-order valence-corrected chi connectivity index (χ0v) is 20.0. The van der Waals surface area contributed by atoms with Gasteiger partial charge in [0.1, 0.15) is 12.3 Å². The summed E-state index contributed by atoms with van der Waals surface area (Å²) >= 11 is 0. The number of aliphatic hydroxyl groups is 1. The Morgan fingerprint density at radius 3 is 2.58 bits per heavy atom. The highest BCUT2D eigenvalue weighted by molar-refractivity contribution is 5.96. The summed E-state index contributed by atoms with van der Waals surface area (Å²) < 4.78 is 5.37. The predicted octanol–water partition coefficient (Wildman–Crippen LogP) is 3.71. The van der Waals surface area contributed by atoms with Crippen LogP contribution in [0.15, 0.2) is 42.5 Å². The number of nitro benzene ring substituents is 1. The molecule has 36 heavy (non-hydrogen) atoms. The lowest BCUT2D eigenvalue weighted by Crippen LogP contribution is -2.49. The normalized spacial score (nSPS) is 20.6. The number of likely N-dealkylation sites (tertiary alicyclic amines) is 1. The smallest absolute Gasteiger partial charge is 0.414 e. The lowest BCUT2D eigenvalue weighted by atomic mass is 9.99. The summed E-state index contributed by atoms with van der Waals surface area (Å²) in [5.74, 6) is -0.288. The summed E-state index contributed by atoms with van der Waals surface area (Å²) in [5, 5.41) is 21.6. The summed E-state index contributed by atoms with van der Waals surface area (Å²) in [6.45, 7) is 1.75. The van der Waals surface area contributed by atoms with E-state index in [2.05, 4.69) is 0 Å². The summed E-state index contributed by atoms with van der Waals surface area (Å²) in [6, 6.07) is 12.0. The first-order chi connectivity index (χ1) is 17.5. The Hall–Kier alpha value is -3.66. The van der Waals surface area contributed by atoms with Crippen LogP contribution in [0.2, 0.25) is 0 Å². The molecule has 0 spiro atoms. The fourth-order valence-electron chi connectivity index (χ4n) is 5.58. The number of fused-ring (bicyclic) bond motifs is 1. The van der Waals surface area contributed by atoms with E-state index in [0.717, 1.165) is 30.5 Å². The van der Waals surface area contributed by atoms with Crippen LogP contribution in [0.1, 0.15) is 48.0 Å². The number of rotatable bonds is 5. The molecule has 10 heteroatoms. The Labute approximate surface area is 209 Å². The summed E-state index contributed by atoms with van der Waals surface area (Å²) in [6.07, 6.45) is 3.43. The van der Waals surface area contributed by atoms with Gasteiger partial charge in [0.15, 0.2) is 0 Å². The van der Waals surface area contributed by atoms with Gasteiger partial charge in [-0.15, -0.1) is 0 Å². The number of hydrogen-bond acceptors (Lipinski definition) is 7. The number of cyclic esters (lactones) is 1. The maximum atomic E-state index is 13.1. The minimum absolute atomic E-state index is 0.0652. The molecule has 3 aliphatic rings. The molecular formula is C26H30N4O6. The van der Waals surface area contributed by atoms with Gasteiger partial charge in [-0.1, -0.05) is 18.2 Å². The van der Waals surface area contributed by atoms with Crippen molar-refractivity contribution < 1.29 is 24.4 Å². The number of ether oxygens (including phenoxy) is 1. The molecule has 1 atom stereocenters. The Morgan fingerprint density at radius 1 is 1.06 bits per heavy atom. The van der Waals surface area contributed by atoms with Crippen LogP contribution in [0.5, 0.6) is 0 Å². The van der Waals surface area contributed by atoms with Crippen molar-refractivity contribution in [1.29, 1.82) is 0 Å². The van der Waals surface area contributed by atoms with Gasteiger partial charge in [0, 0.05) is 42.9 Å². The van der Waals surface area contributed by atoms with Crippen LogP contribution in [0.3, 0.4) is 0 Å². The van der Waals surface area contributed by atoms with Crippen molar-refractivity contribution in [3.8, 4) is 0 Å². The van der Waals surface area contributed by atoms with Gasteiger partial charge in [0.25, 0.3) is 11.6 Å². The maximum absolute atomic E-state index is 13.1. The van der Waals surface area contributed by atoms with Crippen molar-refractivity contribution in [2.24, 2.45) is 0 Å². The maximum Gasteiger partial charge on any atom is 0.414 e. The largest absolute Gasteiger partial charge is 0.444 e. The van der Waals surface area contributed by atoms with E-state index in [0.29, 0.717) is 38.2 Å². The molecule has 3 heterocycles. The third-order valence-electron chi connectivity index (χ3n) is 7.49. The average molecular weight is 495 g/mol. The van der Waals surface area contributed by atoms with Crippen LogP contribution >= 0.6 is 0 Å². The second-order valence-electron chi connectivity index (χ2n) is 9.56. The van der Waals surface area contributed by atoms with E-state index in [-0.39, 0.29) is 48.5 Å². The Bertz CT molecular complexity index is 1160. The van der Waals surface area contributed by atoms with Gasteiger partial charge in [-0.25, -0.2) is 4.79 Å². The number of piperidine rings is 2. The van der Waals surface area contributed by atoms with Crippen LogP contribution in [0.4, 0.5) is 21.9 Å². The quantitative estimate of drug-likeness (QED) is 0.497. The molecule has 1 N–H and O–H groups in total. The van der Waals surface area contributed by atoms with Crippen molar-refractivity contribution in [2.45, 2.75) is 50.8 Å². The lowest BCUT2D eigenvalue weighted by molar-refractivity contribution is -0.384. The number of benzene rings is 2. The molecule has 5 rings (SSSR count). The molecule has 1 unspecified atom stereocenters. The van der Waals surface area contributed by atoms with E-state index in [1.807, 2.05) is 29.2 Å². The number of hydrogen-bond donors (Lipinski definition) is 1. The van der Waals surface area contributed by atoms with Gasteiger partial charge in [-0.3, -0.25) is 19.8 Å². The highest BCUT2D eigenvalue weighted by Gasteiger charge is 2.35. The number of aliphatic hydroxyl groups excluding tert-OH is 1. The summed E-state index contributed by atoms with van der Waals surface area (Å²) in [4.78, 5) is 42.5. The van der Waals surface area contributed by atoms with Gasteiger partial charge in [0.05, 0.1) is 23.3 Å². The predicted molar refractivity (Wildman–Crippen MR) is 133 cm³/mol. The second kappa shape index (κ2) is 10.1. The number of para-hydroxylation sites is 1. The van der Waals surface area contributed by atoms with Gasteiger partial charge in [-0.05, 0) is 50.3 Å². The highest BCUT2D eigenvalue weighted by atomic mass is 16.6. The number of anilines is 2. The number of carbonyl (C=O) groups excluding carboxylic acids is 2. The Morgan fingerprint density at radius 2 is 1.83 bits per heavy atom. The van der Waals surface area contributed by atoms with E-state index in [1.54, 1.807) is 21.9 Å². The van der Waals surface area contributed by atoms with Crippen LogP contribution in [0.25, 0.3) is 0 Å². The molecule has 3 aliphatic heterocycles. The molecule has 2 aromatic carbocycles. The van der Waals surface area contributed by atoms with Crippen LogP contribution in [-0.2, 0) is 11.3 Å². The zero-order valence-electron chi connectivity index (χ0n) is 20.0. The highest BCUT2D eigenvalue weighted by Crippen LogP contribution is 2.36. The van der Waals surface area contributed by atoms with Crippen molar-refractivity contribution >= 4 is 29.1 Å². The third kappa shape index (κ3) is 4.48. The molecule has 2 aromatic rings. The summed E-state index contributed by atoms with van der Waals surface area (Å²) in [7, 11) is 0. The Balaban J connectivity index is 1.33. The molecule has 0 aromatic heterocycles. The van der Waals surface area contributed by atoms with Crippen molar-refractivity contribution in [2.75, 3.05) is 36.0 Å². The van der Waals surface area contributed by atoms with Gasteiger partial charge >= 0.3 is 6.09 Å². The van der Waals surface area contributed by atoms with Crippen LogP contribution in [-0.4, -0.2) is 65.3 Å². The molecule has 0 saturated carbocycles. The average Bonchev–Trinajstić information content (AvgIpc) is 2.92. The molecule has 2 saturated heterocycles. The number of amides is 2. The van der Waals surface area contributed by atoms with Crippen molar-refractivity contribution in [3.63, 3.8) is 0 Å². The molecule has 0 radical (unpaired) electrons. The van der Waals surface area contributed by atoms with E-state index in [9.17, 15) is 24.8 Å². The first kappa shape index (κ1) is 24.1. The second-order valence-corrected chi connectivity index (χ2v) is 9.56. The lowest BCUT2D eigenvalue weighted by Gasteiger charge is -2.40. The van der Waals surface area contributed by atoms with E-state index in [1.165, 1.54) is 6.07 Å². The van der Waals surface area contributed by atoms with Gasteiger partial charge in [0.2, 0.25) is 0 Å². The monoisotopic (exact) mass is 494 g/mol. The first-order valence-electron chi connectivity index (χ1n) is 12.5. The first-order valence-corrected chi connectivity index (χ1v) is 12.5. The SMILES string of the molecule is O=C(c1ccc(N2CCC(N3C(=O)OCc4ccccc43)CC2)c([N+](=O)[O-])c1)N1CCCCC1CO. The van der Waals surface area contributed by atoms with E-state index >= 15 is 0 Å². The topological polar surface area (TPSA) is 116 Å². The Kier molecular flexibility index (Phi) is 6.77. The molecule has 10 nitrogen and oxygen atoms in total. The fourth-order valence-corrected chi connectivity index (χ4v) is 5.58.